The molecule has 2 rings (SSSR count). The number of halogens is 2. The highest BCUT2D eigenvalue weighted by Crippen LogP contribution is 2.10. The molecule has 0 saturated carbocycles. The van der Waals surface area contributed by atoms with Gasteiger partial charge < -0.3 is 4.57 Å². The van der Waals surface area contributed by atoms with Gasteiger partial charge in [0.25, 0.3) is 0 Å². The minimum atomic E-state index is -1.07. The van der Waals surface area contributed by atoms with E-state index in [0.717, 1.165) is 16.7 Å². The minimum Gasteiger partial charge on any atom is -0.310 e. The molecule has 0 aliphatic rings. The van der Waals surface area contributed by atoms with Crippen molar-refractivity contribution in [2.24, 2.45) is 0 Å². The fraction of sp³-hybridized carbons (Fsp3) is 0.167. The molecule has 0 aliphatic carbocycles. The van der Waals surface area contributed by atoms with E-state index in [-0.39, 0.29) is 5.69 Å². The van der Waals surface area contributed by atoms with E-state index >= 15 is 0 Å². The molecule has 4 nitrogen and oxygen atoms in total. The first-order valence-electron chi connectivity index (χ1n) is 5.32. The van der Waals surface area contributed by atoms with Crippen molar-refractivity contribution in [1.29, 1.82) is 0 Å². The normalized spacial score (nSPS) is 10.6. The summed E-state index contributed by atoms with van der Waals surface area (Å²) in [6.45, 7) is 2.09. The first-order valence-corrected chi connectivity index (χ1v) is 5.32. The fourth-order valence-corrected chi connectivity index (χ4v) is 1.60. The molecular formula is C12H10F2N2O2. The Kier molecular flexibility index (Phi) is 3.10. The average Bonchev–Trinajstić information content (AvgIpc) is 2.36. The van der Waals surface area contributed by atoms with Gasteiger partial charge in [0.15, 0.2) is 11.6 Å². The van der Waals surface area contributed by atoms with Crippen LogP contribution >= 0.6 is 0 Å². The summed E-state index contributed by atoms with van der Waals surface area (Å²) in [6, 6.07) is 3.00. The topological polar surface area (TPSA) is 44.0 Å². The van der Waals surface area contributed by atoms with Crippen molar-refractivity contribution in [1.82, 2.24) is 9.13 Å². The maximum atomic E-state index is 13.1. The summed E-state index contributed by atoms with van der Waals surface area (Å²) in [4.78, 5) is 23.4. The quantitative estimate of drug-likeness (QED) is 0.756. The SMILES string of the molecule is CCn1ccn(-c2ccc(F)c(F)c2)c(=O)c1=O. The molecule has 18 heavy (non-hydrogen) atoms. The third kappa shape index (κ3) is 1.97. The number of hydrogen-bond donors (Lipinski definition) is 0. The van der Waals surface area contributed by atoms with Crippen LogP contribution in [-0.2, 0) is 6.54 Å². The van der Waals surface area contributed by atoms with Crippen LogP contribution in [0.3, 0.4) is 0 Å². The van der Waals surface area contributed by atoms with E-state index in [4.69, 9.17) is 0 Å². The van der Waals surface area contributed by atoms with E-state index in [2.05, 4.69) is 0 Å². The fourth-order valence-electron chi connectivity index (χ4n) is 1.60. The standard InChI is InChI=1S/C12H10F2N2O2/c1-2-15-5-6-16(12(18)11(15)17)8-3-4-9(13)10(14)7-8/h3-7H,2H2,1H3. The number of benzene rings is 1. The zero-order valence-electron chi connectivity index (χ0n) is 9.56. The Morgan fingerprint density at radius 1 is 1.06 bits per heavy atom. The zero-order valence-corrected chi connectivity index (χ0v) is 9.56. The number of nitrogens with zero attached hydrogens (tertiary/aromatic N) is 2. The van der Waals surface area contributed by atoms with E-state index in [1.54, 1.807) is 6.92 Å². The third-order valence-corrected chi connectivity index (χ3v) is 2.58. The number of hydrogen-bond acceptors (Lipinski definition) is 2. The summed E-state index contributed by atoms with van der Waals surface area (Å²) < 4.78 is 28.1. The molecule has 0 saturated heterocycles. The summed E-state index contributed by atoms with van der Waals surface area (Å²) >= 11 is 0. The molecule has 94 valence electrons. The Balaban J connectivity index is 2.65. The van der Waals surface area contributed by atoms with Crippen LogP contribution in [0, 0.1) is 11.6 Å². The van der Waals surface area contributed by atoms with Gasteiger partial charge in [-0.05, 0) is 19.1 Å². The molecule has 0 radical (unpaired) electrons. The van der Waals surface area contributed by atoms with Crippen molar-refractivity contribution in [2.75, 3.05) is 0 Å². The van der Waals surface area contributed by atoms with Crippen LogP contribution in [0.1, 0.15) is 6.92 Å². The van der Waals surface area contributed by atoms with Crippen LogP contribution < -0.4 is 11.1 Å². The van der Waals surface area contributed by atoms with Crippen LogP contribution in [0.25, 0.3) is 5.69 Å². The molecule has 1 aromatic heterocycles. The molecular weight excluding hydrogens is 242 g/mol. The molecule has 0 fully saturated rings. The average molecular weight is 252 g/mol. The lowest BCUT2D eigenvalue weighted by Gasteiger charge is -2.07. The highest BCUT2D eigenvalue weighted by atomic mass is 19.2. The molecule has 0 bridgehead atoms. The van der Waals surface area contributed by atoms with E-state index < -0.39 is 22.8 Å². The highest BCUT2D eigenvalue weighted by Gasteiger charge is 2.08. The minimum absolute atomic E-state index is 0.110. The van der Waals surface area contributed by atoms with Crippen molar-refractivity contribution >= 4 is 0 Å². The van der Waals surface area contributed by atoms with Gasteiger partial charge in [-0.25, -0.2) is 8.78 Å². The second-order valence-corrected chi connectivity index (χ2v) is 3.66. The van der Waals surface area contributed by atoms with Crippen molar-refractivity contribution in [2.45, 2.75) is 13.5 Å². The summed E-state index contributed by atoms with van der Waals surface area (Å²) in [5.41, 5.74) is -1.39. The van der Waals surface area contributed by atoms with Gasteiger partial charge >= 0.3 is 11.1 Å². The zero-order chi connectivity index (χ0) is 13.3. The van der Waals surface area contributed by atoms with Gasteiger partial charge in [-0.3, -0.25) is 14.2 Å². The Bertz CT molecular complexity index is 704. The van der Waals surface area contributed by atoms with E-state index in [0.29, 0.717) is 6.54 Å². The molecule has 0 unspecified atom stereocenters. The van der Waals surface area contributed by atoms with Gasteiger partial charge in [0.05, 0.1) is 5.69 Å². The molecule has 0 spiro atoms. The first-order chi connectivity index (χ1) is 8.54. The second kappa shape index (κ2) is 4.56. The van der Waals surface area contributed by atoms with Crippen LogP contribution in [0.2, 0.25) is 0 Å². The van der Waals surface area contributed by atoms with Crippen molar-refractivity contribution < 1.29 is 8.78 Å². The molecule has 0 amide bonds. The van der Waals surface area contributed by atoms with Gasteiger partial charge in [-0.1, -0.05) is 0 Å². The highest BCUT2D eigenvalue weighted by molar-refractivity contribution is 5.32. The maximum Gasteiger partial charge on any atom is 0.320 e. The summed E-state index contributed by atoms with van der Waals surface area (Å²) in [7, 11) is 0. The lowest BCUT2D eigenvalue weighted by atomic mass is 10.3. The Hall–Kier alpha value is -2.24. The van der Waals surface area contributed by atoms with Crippen LogP contribution in [0.5, 0.6) is 0 Å². The summed E-state index contributed by atoms with van der Waals surface area (Å²) in [5, 5.41) is 0. The van der Waals surface area contributed by atoms with Gasteiger partial charge in [0.1, 0.15) is 0 Å². The molecule has 1 heterocycles. The van der Waals surface area contributed by atoms with Gasteiger partial charge in [0.2, 0.25) is 0 Å². The molecule has 6 heteroatoms. The van der Waals surface area contributed by atoms with Crippen LogP contribution in [-0.4, -0.2) is 9.13 Å². The predicted octanol–water partition coefficient (Wildman–Crippen LogP) is 1.30. The number of rotatable bonds is 2. The molecule has 2 aromatic rings. The third-order valence-electron chi connectivity index (χ3n) is 2.58. The second-order valence-electron chi connectivity index (χ2n) is 3.66. The van der Waals surface area contributed by atoms with Gasteiger partial charge in [-0.2, -0.15) is 0 Å². The Morgan fingerprint density at radius 2 is 1.78 bits per heavy atom. The van der Waals surface area contributed by atoms with Crippen molar-refractivity contribution in [3.8, 4) is 5.69 Å². The van der Waals surface area contributed by atoms with E-state index in [1.165, 1.54) is 23.0 Å². The Morgan fingerprint density at radius 3 is 2.39 bits per heavy atom. The molecule has 1 aromatic carbocycles. The van der Waals surface area contributed by atoms with Gasteiger partial charge in [-0.15, -0.1) is 0 Å². The van der Waals surface area contributed by atoms with E-state index in [9.17, 15) is 18.4 Å². The van der Waals surface area contributed by atoms with Gasteiger partial charge in [0, 0.05) is 25.0 Å². The molecule has 0 atom stereocenters. The monoisotopic (exact) mass is 252 g/mol. The first kappa shape index (κ1) is 12.2. The predicted molar refractivity (Wildman–Crippen MR) is 61.9 cm³/mol. The van der Waals surface area contributed by atoms with E-state index in [1.807, 2.05) is 0 Å². The lowest BCUT2D eigenvalue weighted by Crippen LogP contribution is -2.39. The largest absolute Gasteiger partial charge is 0.320 e. The van der Waals surface area contributed by atoms with Crippen LogP contribution in [0.4, 0.5) is 8.78 Å². The van der Waals surface area contributed by atoms with Crippen molar-refractivity contribution in [3.05, 3.63) is 62.9 Å². The maximum absolute atomic E-state index is 13.1. The van der Waals surface area contributed by atoms with Crippen molar-refractivity contribution in [3.63, 3.8) is 0 Å². The van der Waals surface area contributed by atoms with Crippen LogP contribution in [0.15, 0.2) is 40.2 Å². The molecule has 0 N–H and O–H groups in total. The smallest absolute Gasteiger partial charge is 0.310 e. The number of aromatic nitrogens is 2. The summed E-state index contributed by atoms with van der Waals surface area (Å²) in [6.07, 6.45) is 2.77. The number of aryl methyl sites for hydroxylation is 1. The lowest BCUT2D eigenvalue weighted by molar-refractivity contribution is 0.507. The summed E-state index contributed by atoms with van der Waals surface area (Å²) in [5.74, 6) is -2.08. The molecule has 0 aliphatic heterocycles. The Labute approximate surface area is 101 Å².